The molecule has 2 unspecified atom stereocenters. The first-order valence-corrected chi connectivity index (χ1v) is 8.07. The van der Waals surface area contributed by atoms with Crippen molar-refractivity contribution >= 4 is 11.8 Å². The summed E-state index contributed by atoms with van der Waals surface area (Å²) in [5.41, 5.74) is 6.58. The lowest BCUT2D eigenvalue weighted by Crippen LogP contribution is -2.40. The van der Waals surface area contributed by atoms with Crippen LogP contribution in [0.15, 0.2) is 6.20 Å². The molecule has 0 aromatic carbocycles. The lowest BCUT2D eigenvalue weighted by molar-refractivity contribution is -0.0780. The summed E-state index contributed by atoms with van der Waals surface area (Å²) < 4.78 is 8.04. The van der Waals surface area contributed by atoms with Gasteiger partial charge >= 0.3 is 0 Å². The Morgan fingerprint density at radius 3 is 3.05 bits per heavy atom. The predicted octanol–water partition coefficient (Wildman–Crippen LogP) is 1.70. The van der Waals surface area contributed by atoms with Crippen LogP contribution in [-0.4, -0.2) is 38.7 Å². The minimum atomic E-state index is -0.426. The maximum absolute atomic E-state index is 6.07. The maximum Gasteiger partial charge on any atom is 0.102 e. The zero-order chi connectivity index (χ0) is 13.5. The molecule has 1 aromatic rings. The van der Waals surface area contributed by atoms with Gasteiger partial charge in [0.1, 0.15) is 5.69 Å². The number of nitrogens with two attached hydrogens (primary N) is 1. The van der Waals surface area contributed by atoms with Crippen LogP contribution in [0.3, 0.4) is 0 Å². The van der Waals surface area contributed by atoms with E-state index in [4.69, 9.17) is 10.5 Å². The molecule has 2 saturated heterocycles. The quantitative estimate of drug-likeness (QED) is 0.894. The molecule has 0 saturated carbocycles. The molecule has 6 heteroatoms. The third-order valence-electron chi connectivity index (χ3n) is 4.08. The second-order valence-electron chi connectivity index (χ2n) is 6.29. The van der Waals surface area contributed by atoms with Crippen molar-refractivity contribution in [2.24, 2.45) is 5.73 Å². The Bertz CT molecular complexity index is 448. The Kier molecular flexibility index (Phi) is 3.35. The lowest BCUT2D eigenvalue weighted by Gasteiger charge is -2.37. The minimum absolute atomic E-state index is 0.0813. The minimum Gasteiger partial charge on any atom is -0.374 e. The molecule has 2 atom stereocenters. The molecule has 1 aromatic heterocycles. The first-order valence-electron chi connectivity index (χ1n) is 6.91. The number of rotatable bonds is 2. The van der Waals surface area contributed by atoms with Gasteiger partial charge in [-0.2, -0.15) is 11.8 Å². The van der Waals surface area contributed by atoms with Crippen molar-refractivity contribution in [2.75, 3.05) is 18.1 Å². The first kappa shape index (κ1) is 13.4. The molecule has 0 amide bonds. The maximum atomic E-state index is 6.07. The summed E-state index contributed by atoms with van der Waals surface area (Å²) in [6, 6.07) is 0.399. The Labute approximate surface area is 118 Å². The van der Waals surface area contributed by atoms with Crippen molar-refractivity contribution in [3.8, 4) is 0 Å². The molecule has 1 spiro atoms. The van der Waals surface area contributed by atoms with Gasteiger partial charge in [-0.05, 0) is 38.9 Å². The van der Waals surface area contributed by atoms with E-state index >= 15 is 0 Å². The predicted molar refractivity (Wildman–Crippen MR) is 76.1 cm³/mol. The second kappa shape index (κ2) is 4.75. The molecule has 0 bridgehead atoms. The molecule has 19 heavy (non-hydrogen) atoms. The van der Waals surface area contributed by atoms with Gasteiger partial charge in [-0.25, -0.2) is 4.68 Å². The van der Waals surface area contributed by atoms with E-state index in [9.17, 15) is 0 Å². The highest BCUT2D eigenvalue weighted by Gasteiger charge is 2.41. The average molecular weight is 282 g/mol. The number of ether oxygens (including phenoxy) is 1. The molecule has 0 aliphatic carbocycles. The van der Waals surface area contributed by atoms with Crippen LogP contribution in [0.1, 0.15) is 44.8 Å². The monoisotopic (exact) mass is 282 g/mol. The fourth-order valence-electron chi connectivity index (χ4n) is 2.84. The largest absolute Gasteiger partial charge is 0.374 e. The number of hydrogen-bond donors (Lipinski definition) is 1. The zero-order valence-corrected chi connectivity index (χ0v) is 12.4. The van der Waals surface area contributed by atoms with Crippen LogP contribution in [0, 0.1) is 0 Å². The van der Waals surface area contributed by atoms with E-state index in [1.165, 1.54) is 5.75 Å². The van der Waals surface area contributed by atoms with Crippen LogP contribution in [-0.2, 0) is 10.3 Å². The first-order chi connectivity index (χ1) is 8.99. The lowest BCUT2D eigenvalue weighted by atomic mass is 9.90. The van der Waals surface area contributed by atoms with E-state index in [-0.39, 0.29) is 5.60 Å². The van der Waals surface area contributed by atoms with Crippen molar-refractivity contribution in [2.45, 2.75) is 50.3 Å². The molecule has 3 rings (SSSR count). The van der Waals surface area contributed by atoms with Gasteiger partial charge in [0.25, 0.3) is 0 Å². The van der Waals surface area contributed by atoms with Gasteiger partial charge in [0.05, 0.1) is 23.4 Å². The topological polar surface area (TPSA) is 66.0 Å². The van der Waals surface area contributed by atoms with Gasteiger partial charge in [0, 0.05) is 12.4 Å². The van der Waals surface area contributed by atoms with Crippen LogP contribution in [0.5, 0.6) is 0 Å². The van der Waals surface area contributed by atoms with Crippen molar-refractivity contribution in [3.63, 3.8) is 0 Å². The third kappa shape index (κ3) is 2.66. The number of aromatic nitrogens is 3. The average Bonchev–Trinajstić information content (AvgIpc) is 2.98. The van der Waals surface area contributed by atoms with E-state index in [1.54, 1.807) is 0 Å². The summed E-state index contributed by atoms with van der Waals surface area (Å²) in [4.78, 5) is 0. The number of thioether (sulfide) groups is 1. The highest BCUT2D eigenvalue weighted by atomic mass is 32.2. The Balaban J connectivity index is 1.76. The molecule has 0 radical (unpaired) electrons. The number of hydrogen-bond acceptors (Lipinski definition) is 5. The standard InChI is InChI=1S/C13H22N4OS/c1-12(2,14)11-8-17(16-15-11)10-3-5-18-13(7-10)4-6-19-9-13/h8,10H,3-7,9,14H2,1-2H3. The summed E-state index contributed by atoms with van der Waals surface area (Å²) in [6.07, 6.45) is 5.23. The van der Waals surface area contributed by atoms with Crippen molar-refractivity contribution in [3.05, 3.63) is 11.9 Å². The SMILES string of the molecule is CC(C)(N)c1cn(C2CCOC3(CCSC3)C2)nn1. The molecule has 3 heterocycles. The van der Waals surface area contributed by atoms with Crippen LogP contribution in [0.4, 0.5) is 0 Å². The van der Waals surface area contributed by atoms with Gasteiger partial charge in [-0.15, -0.1) is 5.10 Å². The smallest absolute Gasteiger partial charge is 0.102 e. The normalized spacial score (nSPS) is 32.1. The second-order valence-corrected chi connectivity index (χ2v) is 7.39. The molecule has 2 N–H and O–H groups in total. The van der Waals surface area contributed by atoms with Crippen LogP contribution < -0.4 is 5.73 Å². The van der Waals surface area contributed by atoms with E-state index in [0.717, 1.165) is 37.3 Å². The summed E-state index contributed by atoms with van der Waals surface area (Å²) in [5.74, 6) is 2.33. The molecular formula is C13H22N4OS. The van der Waals surface area contributed by atoms with E-state index in [1.807, 2.05) is 36.5 Å². The van der Waals surface area contributed by atoms with Gasteiger partial charge in [-0.1, -0.05) is 5.21 Å². The summed E-state index contributed by atoms with van der Waals surface area (Å²) >= 11 is 2.00. The van der Waals surface area contributed by atoms with Crippen molar-refractivity contribution in [1.82, 2.24) is 15.0 Å². The van der Waals surface area contributed by atoms with Crippen molar-refractivity contribution in [1.29, 1.82) is 0 Å². The molecular weight excluding hydrogens is 260 g/mol. The van der Waals surface area contributed by atoms with E-state index in [0.29, 0.717) is 6.04 Å². The van der Waals surface area contributed by atoms with Gasteiger partial charge in [-0.3, -0.25) is 0 Å². The fourth-order valence-corrected chi connectivity index (χ4v) is 4.22. The highest BCUT2D eigenvalue weighted by Crippen LogP contribution is 2.41. The Hall–Kier alpha value is -0.590. The summed E-state index contributed by atoms with van der Waals surface area (Å²) in [7, 11) is 0. The highest BCUT2D eigenvalue weighted by molar-refractivity contribution is 7.99. The van der Waals surface area contributed by atoms with Crippen molar-refractivity contribution < 1.29 is 4.74 Å². The molecule has 2 aliphatic heterocycles. The summed E-state index contributed by atoms with van der Waals surface area (Å²) in [6.45, 7) is 4.74. The number of nitrogens with zero attached hydrogens (tertiary/aromatic N) is 3. The Morgan fingerprint density at radius 2 is 2.42 bits per heavy atom. The third-order valence-corrected chi connectivity index (χ3v) is 5.30. The van der Waals surface area contributed by atoms with E-state index < -0.39 is 5.54 Å². The van der Waals surface area contributed by atoms with E-state index in [2.05, 4.69) is 10.3 Å². The van der Waals surface area contributed by atoms with Crippen LogP contribution in [0.2, 0.25) is 0 Å². The van der Waals surface area contributed by atoms with Gasteiger partial charge < -0.3 is 10.5 Å². The van der Waals surface area contributed by atoms with Gasteiger partial charge in [0.15, 0.2) is 0 Å². The van der Waals surface area contributed by atoms with Crippen LogP contribution in [0.25, 0.3) is 0 Å². The summed E-state index contributed by atoms with van der Waals surface area (Å²) in [5, 5.41) is 8.50. The molecule has 2 fully saturated rings. The van der Waals surface area contributed by atoms with Crippen LogP contribution >= 0.6 is 11.8 Å². The Morgan fingerprint density at radius 1 is 1.58 bits per heavy atom. The molecule has 2 aliphatic rings. The zero-order valence-electron chi connectivity index (χ0n) is 11.6. The fraction of sp³-hybridized carbons (Fsp3) is 0.846. The molecule has 106 valence electrons. The molecule has 5 nitrogen and oxygen atoms in total. The van der Waals surface area contributed by atoms with Gasteiger partial charge in [0.2, 0.25) is 0 Å².